The number of amides is 1. The van der Waals surface area contributed by atoms with Crippen LogP contribution in [-0.4, -0.2) is 46.9 Å². The number of nitrogens with zero attached hydrogens (tertiary/aromatic N) is 1. The number of carbonyl (C=O) groups excluding carboxylic acids is 1. The minimum absolute atomic E-state index is 0.0787. The zero-order valence-electron chi connectivity index (χ0n) is 10.6. The van der Waals surface area contributed by atoms with E-state index >= 15 is 0 Å². The van der Waals surface area contributed by atoms with Crippen LogP contribution in [0, 0.1) is 0 Å². The molecular formula is C13H17BrN2O3. The molecule has 0 atom stereocenters. The summed E-state index contributed by atoms with van der Waals surface area (Å²) in [4.78, 5) is 27.7. The van der Waals surface area contributed by atoms with Crippen LogP contribution in [0.5, 0.6) is 0 Å². The molecule has 0 aromatic carbocycles. The van der Waals surface area contributed by atoms with Crippen LogP contribution in [-0.2, 0) is 4.74 Å². The molecule has 0 bridgehead atoms. The number of likely N-dealkylation sites (tertiary alicyclic amines) is 1. The monoisotopic (exact) mass is 328 g/mol. The van der Waals surface area contributed by atoms with Gasteiger partial charge in [0.2, 0.25) is 5.56 Å². The van der Waals surface area contributed by atoms with Gasteiger partial charge in [-0.1, -0.05) is 15.9 Å². The standard InChI is InChI=1S/C13H17BrN2O3/c14-4-8-19-11-2-6-16(7-3-11)13(18)10-1-5-15-12(17)9-10/h1,5,9,11H,2-4,6-8H2,(H,15,17). The Hall–Kier alpha value is -1.14. The number of halogens is 1. The molecule has 6 heteroatoms. The van der Waals surface area contributed by atoms with Gasteiger partial charge in [0.25, 0.3) is 5.91 Å². The van der Waals surface area contributed by atoms with Crippen LogP contribution in [0.2, 0.25) is 0 Å². The lowest BCUT2D eigenvalue weighted by atomic mass is 10.1. The third-order valence-corrected chi connectivity index (χ3v) is 3.51. The van der Waals surface area contributed by atoms with Gasteiger partial charge < -0.3 is 14.6 Å². The molecule has 1 aromatic heterocycles. The highest BCUT2D eigenvalue weighted by molar-refractivity contribution is 9.09. The van der Waals surface area contributed by atoms with Crippen molar-refractivity contribution in [1.29, 1.82) is 0 Å². The topological polar surface area (TPSA) is 62.4 Å². The van der Waals surface area contributed by atoms with Crippen LogP contribution < -0.4 is 5.56 Å². The second-order valence-corrected chi connectivity index (χ2v) is 5.29. The fraction of sp³-hybridized carbons (Fsp3) is 0.538. The number of ether oxygens (including phenoxy) is 1. The van der Waals surface area contributed by atoms with Gasteiger partial charge in [0.1, 0.15) is 0 Å². The molecule has 0 saturated carbocycles. The van der Waals surface area contributed by atoms with Gasteiger partial charge in [0.15, 0.2) is 0 Å². The van der Waals surface area contributed by atoms with Crippen molar-refractivity contribution in [3.05, 3.63) is 34.2 Å². The van der Waals surface area contributed by atoms with Crippen molar-refractivity contribution >= 4 is 21.8 Å². The summed E-state index contributed by atoms with van der Waals surface area (Å²) in [5.74, 6) is -0.0787. The molecule has 0 spiro atoms. The predicted octanol–water partition coefficient (Wildman–Crippen LogP) is 1.39. The Labute approximate surface area is 120 Å². The summed E-state index contributed by atoms with van der Waals surface area (Å²) in [6.07, 6.45) is 3.44. The number of alkyl halides is 1. The first kappa shape index (κ1) is 14.3. The van der Waals surface area contributed by atoms with Gasteiger partial charge in [0.05, 0.1) is 12.7 Å². The number of aromatic nitrogens is 1. The Morgan fingerprint density at radius 3 is 2.84 bits per heavy atom. The van der Waals surface area contributed by atoms with E-state index in [1.165, 1.54) is 12.3 Å². The number of carbonyl (C=O) groups is 1. The summed E-state index contributed by atoms with van der Waals surface area (Å²) >= 11 is 3.33. The highest BCUT2D eigenvalue weighted by Crippen LogP contribution is 2.15. The van der Waals surface area contributed by atoms with Gasteiger partial charge >= 0.3 is 0 Å². The number of nitrogens with one attached hydrogen (secondary N) is 1. The van der Waals surface area contributed by atoms with Crippen LogP contribution >= 0.6 is 15.9 Å². The highest BCUT2D eigenvalue weighted by atomic mass is 79.9. The second kappa shape index (κ2) is 6.86. The molecule has 1 aliphatic rings. The van der Waals surface area contributed by atoms with E-state index in [1.54, 1.807) is 11.0 Å². The Balaban J connectivity index is 1.91. The summed E-state index contributed by atoms with van der Waals surface area (Å²) in [7, 11) is 0. The first-order valence-corrected chi connectivity index (χ1v) is 7.48. The Morgan fingerprint density at radius 2 is 2.21 bits per heavy atom. The number of hydrogen-bond acceptors (Lipinski definition) is 3. The van der Waals surface area contributed by atoms with Crippen molar-refractivity contribution in [3.8, 4) is 0 Å². The summed E-state index contributed by atoms with van der Waals surface area (Å²) in [6, 6.07) is 2.98. The highest BCUT2D eigenvalue weighted by Gasteiger charge is 2.23. The normalized spacial score (nSPS) is 16.6. The molecule has 0 aliphatic carbocycles. The maximum absolute atomic E-state index is 12.2. The lowest BCUT2D eigenvalue weighted by Crippen LogP contribution is -2.41. The Bertz CT molecular complexity index is 481. The molecule has 1 N–H and O–H groups in total. The molecule has 19 heavy (non-hydrogen) atoms. The summed E-state index contributed by atoms with van der Waals surface area (Å²) in [6.45, 7) is 2.06. The number of aromatic amines is 1. The second-order valence-electron chi connectivity index (χ2n) is 4.49. The smallest absolute Gasteiger partial charge is 0.254 e. The minimum atomic E-state index is -0.249. The largest absolute Gasteiger partial charge is 0.377 e. The van der Waals surface area contributed by atoms with E-state index in [0.29, 0.717) is 25.3 Å². The van der Waals surface area contributed by atoms with Gasteiger partial charge in [-0.25, -0.2) is 0 Å². The van der Waals surface area contributed by atoms with Crippen molar-refractivity contribution in [2.24, 2.45) is 0 Å². The van der Waals surface area contributed by atoms with Crippen molar-refractivity contribution in [2.45, 2.75) is 18.9 Å². The molecule has 1 fully saturated rings. The molecule has 5 nitrogen and oxygen atoms in total. The van der Waals surface area contributed by atoms with E-state index in [9.17, 15) is 9.59 Å². The van der Waals surface area contributed by atoms with Gasteiger partial charge in [-0.3, -0.25) is 9.59 Å². The van der Waals surface area contributed by atoms with Crippen LogP contribution in [0.3, 0.4) is 0 Å². The lowest BCUT2D eigenvalue weighted by Gasteiger charge is -2.31. The molecule has 2 rings (SSSR count). The van der Waals surface area contributed by atoms with Gasteiger partial charge in [0, 0.05) is 36.2 Å². The fourth-order valence-electron chi connectivity index (χ4n) is 2.20. The van der Waals surface area contributed by atoms with Crippen molar-refractivity contribution in [1.82, 2.24) is 9.88 Å². The quantitative estimate of drug-likeness (QED) is 0.849. The summed E-state index contributed by atoms with van der Waals surface area (Å²) < 4.78 is 5.65. The van der Waals surface area contributed by atoms with E-state index in [4.69, 9.17) is 4.74 Å². The van der Waals surface area contributed by atoms with E-state index < -0.39 is 0 Å². The number of pyridine rings is 1. The summed E-state index contributed by atoms with van der Waals surface area (Å²) in [5, 5.41) is 0.832. The number of piperidine rings is 1. The first-order chi connectivity index (χ1) is 9.20. The minimum Gasteiger partial charge on any atom is -0.377 e. The zero-order chi connectivity index (χ0) is 13.7. The zero-order valence-corrected chi connectivity index (χ0v) is 12.2. The van der Waals surface area contributed by atoms with Crippen LogP contribution in [0.25, 0.3) is 0 Å². The number of hydrogen-bond donors (Lipinski definition) is 1. The first-order valence-electron chi connectivity index (χ1n) is 6.36. The molecule has 1 amide bonds. The molecule has 1 aliphatic heterocycles. The van der Waals surface area contributed by atoms with Crippen LogP contribution in [0.15, 0.2) is 23.1 Å². The van der Waals surface area contributed by atoms with Crippen molar-refractivity contribution in [3.63, 3.8) is 0 Å². The molecule has 104 valence electrons. The maximum Gasteiger partial charge on any atom is 0.254 e. The van der Waals surface area contributed by atoms with E-state index in [2.05, 4.69) is 20.9 Å². The number of rotatable bonds is 4. The Kier molecular flexibility index (Phi) is 5.15. The summed E-state index contributed by atoms with van der Waals surface area (Å²) in [5.41, 5.74) is 0.199. The average Bonchev–Trinajstić information content (AvgIpc) is 2.45. The molecule has 2 heterocycles. The van der Waals surface area contributed by atoms with Crippen LogP contribution in [0.1, 0.15) is 23.2 Å². The average molecular weight is 329 g/mol. The van der Waals surface area contributed by atoms with Crippen LogP contribution in [0.4, 0.5) is 0 Å². The van der Waals surface area contributed by atoms with E-state index in [1.807, 2.05) is 0 Å². The predicted molar refractivity (Wildman–Crippen MR) is 75.7 cm³/mol. The lowest BCUT2D eigenvalue weighted by molar-refractivity contribution is 0.0160. The van der Waals surface area contributed by atoms with Gasteiger partial charge in [-0.2, -0.15) is 0 Å². The number of H-pyrrole nitrogens is 1. The van der Waals surface area contributed by atoms with Crippen molar-refractivity contribution < 1.29 is 9.53 Å². The SMILES string of the molecule is O=C(c1cc[nH]c(=O)c1)N1CCC(OCCBr)CC1. The van der Waals surface area contributed by atoms with Gasteiger partial charge in [-0.15, -0.1) is 0 Å². The maximum atomic E-state index is 12.2. The van der Waals surface area contributed by atoms with Gasteiger partial charge in [-0.05, 0) is 18.9 Å². The van der Waals surface area contributed by atoms with E-state index in [0.717, 1.165) is 18.2 Å². The third-order valence-electron chi connectivity index (χ3n) is 3.18. The molecule has 0 unspecified atom stereocenters. The molecule has 1 aromatic rings. The Morgan fingerprint density at radius 1 is 1.47 bits per heavy atom. The molecule has 1 saturated heterocycles. The molecular weight excluding hydrogens is 312 g/mol. The fourth-order valence-corrected chi connectivity index (χ4v) is 2.38. The van der Waals surface area contributed by atoms with E-state index in [-0.39, 0.29) is 17.6 Å². The van der Waals surface area contributed by atoms with Crippen molar-refractivity contribution in [2.75, 3.05) is 25.0 Å². The third kappa shape index (κ3) is 3.91. The molecule has 0 radical (unpaired) electrons.